The van der Waals surface area contributed by atoms with E-state index in [1.807, 2.05) is 39.0 Å². The maximum absolute atomic E-state index is 13.4. The Hall–Kier alpha value is -3.22. The van der Waals surface area contributed by atoms with Gasteiger partial charge in [-0.15, -0.1) is 0 Å². The van der Waals surface area contributed by atoms with Gasteiger partial charge in [0.05, 0.1) is 25.7 Å². The highest BCUT2D eigenvalue weighted by molar-refractivity contribution is 5.87. The molecule has 0 unspecified atom stereocenters. The second-order valence-electron chi connectivity index (χ2n) is 14.9. The molecular weight excluding hydrogens is 642 g/mol. The van der Waals surface area contributed by atoms with Gasteiger partial charge < -0.3 is 34.2 Å². The number of piperazine rings is 1. The van der Waals surface area contributed by atoms with Crippen molar-refractivity contribution in [3.8, 4) is 0 Å². The van der Waals surface area contributed by atoms with Gasteiger partial charge in [0.2, 0.25) is 0 Å². The first-order valence-corrected chi connectivity index (χ1v) is 18.6. The van der Waals surface area contributed by atoms with Crippen LogP contribution < -0.4 is 0 Å². The molecular formula is C38H59N3O9. The number of cyclic esters (lactones) is 1. The first-order valence-electron chi connectivity index (χ1n) is 18.6. The van der Waals surface area contributed by atoms with Gasteiger partial charge in [0, 0.05) is 57.0 Å². The average molecular weight is 702 g/mol. The SMILES string of the molecule is C/C(=C\C=C\[C@@H](C)COC(=O)N1CCC(=O)C1)[C@H]1OC(=O)C[C@@H](O)CC[C@](C)(O)[C@@H](OC(=O)N2CCN(C3CCCCCC3)CC2)/C=C/[C@@H]1C. The minimum atomic E-state index is -1.48. The Morgan fingerprint density at radius 1 is 1.02 bits per heavy atom. The molecule has 3 fully saturated rings. The highest BCUT2D eigenvalue weighted by Crippen LogP contribution is 2.28. The zero-order chi connectivity index (χ0) is 36.3. The number of esters is 1. The van der Waals surface area contributed by atoms with Gasteiger partial charge in [-0.3, -0.25) is 14.5 Å². The maximum Gasteiger partial charge on any atom is 0.410 e. The largest absolute Gasteiger partial charge is 0.457 e. The summed E-state index contributed by atoms with van der Waals surface area (Å²) in [7, 11) is 0. The highest BCUT2D eigenvalue weighted by atomic mass is 16.6. The number of allylic oxidation sites excluding steroid dienone is 2. The second-order valence-corrected chi connectivity index (χ2v) is 14.9. The molecule has 1 saturated carbocycles. The summed E-state index contributed by atoms with van der Waals surface area (Å²) >= 11 is 0. The zero-order valence-electron chi connectivity index (χ0n) is 30.5. The van der Waals surface area contributed by atoms with E-state index in [0.29, 0.717) is 32.1 Å². The normalized spacial score (nSPS) is 31.4. The summed E-state index contributed by atoms with van der Waals surface area (Å²) in [6, 6.07) is 0.579. The number of nitrogens with zero attached hydrogens (tertiary/aromatic N) is 3. The molecule has 50 heavy (non-hydrogen) atoms. The van der Waals surface area contributed by atoms with Crippen LogP contribution in [0.4, 0.5) is 9.59 Å². The van der Waals surface area contributed by atoms with Crippen molar-refractivity contribution in [2.45, 2.75) is 122 Å². The molecule has 12 nitrogen and oxygen atoms in total. The molecule has 3 heterocycles. The molecule has 3 aliphatic heterocycles. The fraction of sp³-hybridized carbons (Fsp3) is 0.737. The lowest BCUT2D eigenvalue weighted by Crippen LogP contribution is -2.53. The van der Waals surface area contributed by atoms with E-state index in [0.717, 1.165) is 18.7 Å². The molecule has 12 heteroatoms. The van der Waals surface area contributed by atoms with Crippen molar-refractivity contribution in [1.82, 2.24) is 14.7 Å². The number of hydrogen-bond donors (Lipinski definition) is 2. The molecule has 2 saturated heterocycles. The lowest BCUT2D eigenvalue weighted by Gasteiger charge is -2.40. The van der Waals surface area contributed by atoms with Crippen LogP contribution in [0.25, 0.3) is 0 Å². The average Bonchev–Trinajstić information content (AvgIpc) is 3.34. The number of ketones is 1. The molecule has 4 rings (SSSR count). The van der Waals surface area contributed by atoms with Crippen LogP contribution in [0.3, 0.4) is 0 Å². The number of carbonyl (C=O) groups is 4. The van der Waals surface area contributed by atoms with Crippen LogP contribution in [0.15, 0.2) is 36.0 Å². The van der Waals surface area contributed by atoms with Crippen LogP contribution in [0.2, 0.25) is 0 Å². The summed E-state index contributed by atoms with van der Waals surface area (Å²) in [6.07, 6.45) is 13.2. The fourth-order valence-electron chi connectivity index (χ4n) is 7.15. The Kier molecular flexibility index (Phi) is 14.9. The van der Waals surface area contributed by atoms with Crippen LogP contribution in [-0.4, -0.2) is 125 Å². The number of hydrogen-bond acceptors (Lipinski definition) is 10. The van der Waals surface area contributed by atoms with Gasteiger partial charge in [0.1, 0.15) is 11.7 Å². The van der Waals surface area contributed by atoms with E-state index in [4.69, 9.17) is 14.2 Å². The van der Waals surface area contributed by atoms with E-state index < -0.39 is 42.1 Å². The van der Waals surface area contributed by atoms with Crippen LogP contribution in [0.5, 0.6) is 0 Å². The number of aliphatic hydroxyl groups excluding tert-OH is 1. The third-order valence-corrected chi connectivity index (χ3v) is 10.5. The molecule has 1 aliphatic carbocycles. The first kappa shape index (κ1) is 39.6. The zero-order valence-corrected chi connectivity index (χ0v) is 30.5. The summed E-state index contributed by atoms with van der Waals surface area (Å²) in [5, 5.41) is 22.2. The minimum absolute atomic E-state index is 0.0252. The molecule has 280 valence electrons. The summed E-state index contributed by atoms with van der Waals surface area (Å²) in [5.41, 5.74) is -0.740. The number of aliphatic hydroxyl groups is 2. The molecule has 0 aromatic carbocycles. The van der Waals surface area contributed by atoms with Gasteiger partial charge >= 0.3 is 18.2 Å². The van der Waals surface area contributed by atoms with E-state index in [2.05, 4.69) is 4.90 Å². The fourth-order valence-corrected chi connectivity index (χ4v) is 7.15. The van der Waals surface area contributed by atoms with Gasteiger partial charge in [-0.25, -0.2) is 9.59 Å². The molecule has 4 aliphatic rings. The van der Waals surface area contributed by atoms with E-state index in [1.165, 1.54) is 43.4 Å². The Bertz CT molecular complexity index is 1250. The molecule has 6 atom stereocenters. The molecule has 0 bridgehead atoms. The van der Waals surface area contributed by atoms with Gasteiger partial charge in [-0.05, 0) is 51.2 Å². The minimum Gasteiger partial charge on any atom is -0.457 e. The highest BCUT2D eigenvalue weighted by Gasteiger charge is 2.37. The molecule has 2 amide bonds. The van der Waals surface area contributed by atoms with Crippen molar-refractivity contribution < 1.29 is 43.6 Å². The monoisotopic (exact) mass is 701 g/mol. The van der Waals surface area contributed by atoms with Crippen molar-refractivity contribution >= 4 is 23.9 Å². The number of carbonyl (C=O) groups excluding carboxylic acids is 4. The third-order valence-electron chi connectivity index (χ3n) is 10.5. The predicted molar refractivity (Wildman–Crippen MR) is 188 cm³/mol. The van der Waals surface area contributed by atoms with Crippen LogP contribution in [0.1, 0.15) is 91.9 Å². The lowest BCUT2D eigenvalue weighted by atomic mass is 9.89. The van der Waals surface area contributed by atoms with E-state index >= 15 is 0 Å². The van der Waals surface area contributed by atoms with Crippen molar-refractivity contribution in [2.24, 2.45) is 11.8 Å². The van der Waals surface area contributed by atoms with Crippen molar-refractivity contribution in [1.29, 1.82) is 0 Å². The standard InChI is InChI=1S/C38H59N3O9/c1-27(26-48-36(45)41-19-17-32(43)25-41)10-9-11-28(2)35-29(3)14-15-33(38(4,47)18-16-31(42)24-34(44)50-35)49-37(46)40-22-20-39(21-23-40)30-12-7-5-6-8-13-30/h9-11,14-15,27,29-31,33,35,42,47H,5-8,12-13,16-26H2,1-4H3/b10-9+,15-14+,28-11+/t27-,29+,31+,33+,35-,38+/m1/s1. The molecule has 0 aromatic rings. The second kappa shape index (κ2) is 18.9. The number of likely N-dealkylation sites (tertiary alicyclic amines) is 1. The predicted octanol–water partition coefficient (Wildman–Crippen LogP) is 4.78. The quantitative estimate of drug-likeness (QED) is 0.125. The maximum atomic E-state index is 13.4. The Morgan fingerprint density at radius 3 is 2.38 bits per heavy atom. The summed E-state index contributed by atoms with van der Waals surface area (Å²) < 4.78 is 17.2. The Balaban J connectivity index is 1.39. The lowest BCUT2D eigenvalue weighted by molar-refractivity contribution is -0.151. The van der Waals surface area contributed by atoms with Gasteiger partial charge in [0.25, 0.3) is 0 Å². The van der Waals surface area contributed by atoms with E-state index in [1.54, 1.807) is 24.0 Å². The Labute approximate surface area is 297 Å². The first-order chi connectivity index (χ1) is 23.8. The van der Waals surface area contributed by atoms with Gasteiger partial charge in [-0.1, -0.05) is 63.8 Å². The molecule has 2 N–H and O–H groups in total. The molecule has 0 aromatic heterocycles. The van der Waals surface area contributed by atoms with Crippen molar-refractivity contribution in [2.75, 3.05) is 45.9 Å². The number of Topliss-reactive ketones (excluding diaryl/α,β-unsaturated/α-hetero) is 1. The smallest absolute Gasteiger partial charge is 0.410 e. The van der Waals surface area contributed by atoms with Crippen molar-refractivity contribution in [3.05, 3.63) is 36.0 Å². The topological polar surface area (TPSA) is 146 Å². The Morgan fingerprint density at radius 2 is 1.72 bits per heavy atom. The van der Waals surface area contributed by atoms with Crippen LogP contribution in [0, 0.1) is 11.8 Å². The number of rotatable bonds is 7. The number of amides is 2. The number of ether oxygens (including phenoxy) is 3. The molecule has 0 spiro atoms. The van der Waals surface area contributed by atoms with E-state index in [9.17, 15) is 29.4 Å². The summed E-state index contributed by atoms with van der Waals surface area (Å²) in [5.74, 6) is -0.990. The third kappa shape index (κ3) is 11.9. The van der Waals surface area contributed by atoms with Gasteiger partial charge in [0.15, 0.2) is 11.9 Å². The van der Waals surface area contributed by atoms with Gasteiger partial charge in [-0.2, -0.15) is 0 Å². The summed E-state index contributed by atoms with van der Waals surface area (Å²) in [6.45, 7) is 10.6. The summed E-state index contributed by atoms with van der Waals surface area (Å²) in [4.78, 5) is 55.6. The van der Waals surface area contributed by atoms with Crippen LogP contribution in [-0.2, 0) is 23.8 Å². The van der Waals surface area contributed by atoms with Crippen LogP contribution >= 0.6 is 0 Å². The molecule has 0 radical (unpaired) electrons. The van der Waals surface area contributed by atoms with Crippen molar-refractivity contribution in [3.63, 3.8) is 0 Å². The van der Waals surface area contributed by atoms with E-state index in [-0.39, 0.29) is 50.0 Å².